The van der Waals surface area contributed by atoms with E-state index in [1.165, 1.54) is 18.2 Å². The lowest BCUT2D eigenvalue weighted by Crippen LogP contribution is -2.15. The van der Waals surface area contributed by atoms with Crippen LogP contribution in [0.25, 0.3) is 0 Å². The maximum absolute atomic E-state index is 13.1. The zero-order chi connectivity index (χ0) is 31.1. The molecule has 44 heavy (non-hydrogen) atoms. The molecule has 0 spiro atoms. The van der Waals surface area contributed by atoms with Gasteiger partial charge in [0.15, 0.2) is 0 Å². The van der Waals surface area contributed by atoms with Crippen molar-refractivity contribution in [1.29, 1.82) is 0 Å². The van der Waals surface area contributed by atoms with Gasteiger partial charge in [-0.1, -0.05) is 26.7 Å². The van der Waals surface area contributed by atoms with Gasteiger partial charge < -0.3 is 28.7 Å². The summed E-state index contributed by atoms with van der Waals surface area (Å²) in [7, 11) is 0. The van der Waals surface area contributed by atoms with Gasteiger partial charge in [-0.05, 0) is 91.2 Å². The number of ether oxygens (including phenoxy) is 5. The predicted octanol–water partition coefficient (Wildman–Crippen LogP) is 7.21. The first-order valence-electron chi connectivity index (χ1n) is 14.8. The van der Waals surface area contributed by atoms with Crippen molar-refractivity contribution >= 4 is 17.9 Å². The zero-order valence-electron chi connectivity index (χ0n) is 25.0. The van der Waals surface area contributed by atoms with E-state index in [0.717, 1.165) is 31.2 Å². The molecular weight excluding hydrogens is 562 g/mol. The quantitative estimate of drug-likeness (QED) is 0.0817. The van der Waals surface area contributed by atoms with Crippen molar-refractivity contribution in [3.05, 3.63) is 107 Å². The number of hydrogen-bond donors (Lipinski definition) is 1. The van der Waals surface area contributed by atoms with Crippen molar-refractivity contribution in [1.82, 2.24) is 4.98 Å². The fourth-order valence-corrected chi connectivity index (χ4v) is 4.04. The first-order valence-corrected chi connectivity index (χ1v) is 14.8. The molecule has 3 aromatic carbocycles. The van der Waals surface area contributed by atoms with Crippen LogP contribution in [0.15, 0.2) is 85.2 Å². The summed E-state index contributed by atoms with van der Waals surface area (Å²) in [6.45, 7) is 5.44. The Kier molecular flexibility index (Phi) is 12.0. The number of benzene rings is 3. The molecule has 9 heteroatoms. The van der Waals surface area contributed by atoms with Crippen LogP contribution in [-0.2, 0) is 11.2 Å². The Balaban J connectivity index is 1.47. The Hall–Kier alpha value is -5.05. The van der Waals surface area contributed by atoms with Gasteiger partial charge in [-0.15, -0.1) is 0 Å². The lowest BCUT2D eigenvalue weighted by molar-refractivity contribution is 0.0501. The van der Waals surface area contributed by atoms with E-state index in [1.54, 1.807) is 54.7 Å². The molecule has 1 aromatic heterocycles. The first kappa shape index (κ1) is 31.9. The molecule has 0 aliphatic rings. The van der Waals surface area contributed by atoms with Gasteiger partial charge in [0.25, 0.3) is 0 Å². The Labute approximate surface area is 257 Å². The number of carbonyl (C=O) groups is 3. The molecule has 1 N–H and O–H groups in total. The third-order valence-corrected chi connectivity index (χ3v) is 6.58. The maximum Gasteiger partial charge on any atom is 0.343 e. The SMILES string of the molecule is CCCCOc1ccc(C(=O)Oc2ccc(OC(=O)c3ccc(OCCCC)cc3)c(C(=O)OCCc3cc[nH]c3)c2)cc1. The molecule has 0 amide bonds. The zero-order valence-corrected chi connectivity index (χ0v) is 25.0. The topological polar surface area (TPSA) is 113 Å². The van der Waals surface area contributed by atoms with Crippen LogP contribution in [0.1, 0.15) is 76.2 Å². The van der Waals surface area contributed by atoms with Gasteiger partial charge in [-0.3, -0.25) is 0 Å². The number of H-pyrrole nitrogens is 1. The summed E-state index contributed by atoms with van der Waals surface area (Å²) < 4.78 is 27.9. The van der Waals surface area contributed by atoms with Crippen LogP contribution in [0.3, 0.4) is 0 Å². The summed E-state index contributed by atoms with van der Waals surface area (Å²) in [6.07, 6.45) is 7.98. The third kappa shape index (κ3) is 9.49. The molecule has 0 unspecified atom stereocenters. The van der Waals surface area contributed by atoms with Crippen molar-refractivity contribution in [2.45, 2.75) is 46.0 Å². The lowest BCUT2D eigenvalue weighted by atomic mass is 10.1. The molecule has 0 radical (unpaired) electrons. The van der Waals surface area contributed by atoms with E-state index in [4.69, 9.17) is 23.7 Å². The fourth-order valence-electron chi connectivity index (χ4n) is 4.04. The Bertz CT molecular complexity index is 1490. The Morgan fingerprint density at radius 3 is 1.75 bits per heavy atom. The molecule has 230 valence electrons. The van der Waals surface area contributed by atoms with Gasteiger partial charge in [0.2, 0.25) is 0 Å². The minimum atomic E-state index is -0.727. The van der Waals surface area contributed by atoms with E-state index >= 15 is 0 Å². The summed E-state index contributed by atoms with van der Waals surface area (Å²) in [6, 6.07) is 19.2. The van der Waals surface area contributed by atoms with Gasteiger partial charge in [0.05, 0.1) is 30.9 Å². The van der Waals surface area contributed by atoms with E-state index < -0.39 is 17.9 Å². The molecule has 0 fully saturated rings. The number of hydrogen-bond acceptors (Lipinski definition) is 8. The van der Waals surface area contributed by atoms with Crippen molar-refractivity contribution in [2.24, 2.45) is 0 Å². The van der Waals surface area contributed by atoms with Crippen molar-refractivity contribution < 1.29 is 38.1 Å². The minimum Gasteiger partial charge on any atom is -0.494 e. The molecule has 9 nitrogen and oxygen atoms in total. The van der Waals surface area contributed by atoms with Crippen molar-refractivity contribution in [3.8, 4) is 23.0 Å². The number of nitrogens with one attached hydrogen (secondary N) is 1. The number of aromatic amines is 1. The lowest BCUT2D eigenvalue weighted by Gasteiger charge is -2.13. The van der Waals surface area contributed by atoms with Crippen molar-refractivity contribution in [3.63, 3.8) is 0 Å². The highest BCUT2D eigenvalue weighted by Crippen LogP contribution is 2.27. The second-order valence-electron chi connectivity index (χ2n) is 9.99. The van der Waals surface area contributed by atoms with E-state index in [1.807, 2.05) is 12.3 Å². The number of carbonyl (C=O) groups excluding carboxylic acids is 3. The van der Waals surface area contributed by atoms with E-state index in [-0.39, 0.29) is 29.2 Å². The van der Waals surface area contributed by atoms with Gasteiger partial charge in [0.1, 0.15) is 28.6 Å². The third-order valence-electron chi connectivity index (χ3n) is 6.58. The van der Waals surface area contributed by atoms with Crippen LogP contribution < -0.4 is 18.9 Å². The van der Waals surface area contributed by atoms with Crippen LogP contribution in [0.4, 0.5) is 0 Å². The predicted molar refractivity (Wildman–Crippen MR) is 165 cm³/mol. The summed E-state index contributed by atoms with van der Waals surface area (Å²) in [5, 5.41) is 0. The van der Waals surface area contributed by atoms with Crippen LogP contribution in [0.2, 0.25) is 0 Å². The molecule has 1 heterocycles. The van der Waals surface area contributed by atoms with Gasteiger partial charge in [-0.25, -0.2) is 14.4 Å². The summed E-state index contributed by atoms with van der Waals surface area (Å²) in [5.74, 6) is -0.659. The standard InChI is InChI=1S/C35H37NO8/c1-3-5-20-40-28-11-7-26(8-12-28)33(37)43-30-15-16-32(31(23-30)35(39)42-22-18-25-17-19-36-24-25)44-34(38)27-9-13-29(14-10-27)41-21-6-4-2/h7-17,19,23-24,36H,3-6,18,20-22H2,1-2H3. The smallest absolute Gasteiger partial charge is 0.343 e. The normalized spacial score (nSPS) is 10.6. The number of rotatable bonds is 16. The van der Waals surface area contributed by atoms with E-state index in [2.05, 4.69) is 18.8 Å². The minimum absolute atomic E-state index is 0.0294. The molecule has 0 bridgehead atoms. The van der Waals surface area contributed by atoms with Crippen LogP contribution in [0, 0.1) is 0 Å². The van der Waals surface area contributed by atoms with Crippen LogP contribution in [-0.4, -0.2) is 42.7 Å². The Morgan fingerprint density at radius 2 is 1.20 bits per heavy atom. The van der Waals surface area contributed by atoms with E-state index in [9.17, 15) is 14.4 Å². The number of esters is 3. The number of aromatic nitrogens is 1. The van der Waals surface area contributed by atoms with Crippen LogP contribution in [0.5, 0.6) is 23.0 Å². The fraction of sp³-hybridized carbons (Fsp3) is 0.286. The molecule has 0 saturated carbocycles. The molecule has 0 atom stereocenters. The van der Waals surface area contributed by atoms with Crippen molar-refractivity contribution in [2.75, 3.05) is 19.8 Å². The summed E-state index contributed by atoms with van der Waals surface area (Å²) in [4.78, 5) is 41.9. The molecule has 4 rings (SSSR count). The monoisotopic (exact) mass is 599 g/mol. The second-order valence-corrected chi connectivity index (χ2v) is 9.99. The van der Waals surface area contributed by atoms with Gasteiger partial charge >= 0.3 is 17.9 Å². The molecule has 0 aliphatic carbocycles. The summed E-state index contributed by atoms with van der Waals surface area (Å²) in [5.41, 5.74) is 1.49. The highest BCUT2D eigenvalue weighted by molar-refractivity contribution is 5.97. The van der Waals surface area contributed by atoms with E-state index in [0.29, 0.717) is 36.7 Å². The Morgan fingerprint density at radius 1 is 0.636 bits per heavy atom. The molecule has 0 saturated heterocycles. The first-order chi connectivity index (χ1) is 21.5. The largest absolute Gasteiger partial charge is 0.494 e. The molecular formula is C35H37NO8. The average molecular weight is 600 g/mol. The molecule has 4 aromatic rings. The highest BCUT2D eigenvalue weighted by Gasteiger charge is 2.21. The summed E-state index contributed by atoms with van der Waals surface area (Å²) >= 11 is 0. The maximum atomic E-state index is 13.1. The van der Waals surface area contributed by atoms with Gasteiger partial charge in [0, 0.05) is 18.8 Å². The van der Waals surface area contributed by atoms with Gasteiger partial charge in [-0.2, -0.15) is 0 Å². The highest BCUT2D eigenvalue weighted by atomic mass is 16.6. The average Bonchev–Trinajstić information content (AvgIpc) is 3.56. The number of unbranched alkanes of at least 4 members (excludes halogenated alkanes) is 2. The molecule has 0 aliphatic heterocycles. The second kappa shape index (κ2) is 16.6. The van der Waals surface area contributed by atoms with Crippen LogP contribution >= 0.6 is 0 Å².